The summed E-state index contributed by atoms with van der Waals surface area (Å²) in [7, 11) is 0. The smallest absolute Gasteiger partial charge is 0.115 e. The van der Waals surface area contributed by atoms with E-state index < -0.39 is 0 Å². The van der Waals surface area contributed by atoms with Gasteiger partial charge in [0.15, 0.2) is 0 Å². The monoisotopic (exact) mass is 589 g/mol. The Labute approximate surface area is 256 Å². The van der Waals surface area contributed by atoms with Gasteiger partial charge >= 0.3 is 0 Å². The highest BCUT2D eigenvalue weighted by atomic mass is 16.6. The fraction of sp³-hybridized carbons (Fsp3) is 1.00. The third-order valence-electron chi connectivity index (χ3n) is 6.88. The predicted molar refractivity (Wildman–Crippen MR) is 173 cm³/mol. The number of ether oxygens (including phenoxy) is 6. The van der Waals surface area contributed by atoms with Gasteiger partial charge in [0.05, 0.1) is 13.2 Å². The van der Waals surface area contributed by atoms with E-state index in [0.717, 1.165) is 51.6 Å². The lowest BCUT2D eigenvalue weighted by Crippen LogP contribution is -2.53. The molecule has 0 radical (unpaired) electrons. The molecule has 5 atom stereocenters. The third-order valence-corrected chi connectivity index (χ3v) is 6.88. The SMILES string of the molecule is CCCCOC[C@H](OCCCC)[C@@H](OCCCC)[C@H](OCC(C)C)[C@@H](COCCC(C)CC(C)(C)C)OCC(C)C. The van der Waals surface area contributed by atoms with E-state index in [1.54, 1.807) is 0 Å². The highest BCUT2D eigenvalue weighted by molar-refractivity contribution is 4.87. The van der Waals surface area contributed by atoms with E-state index >= 15 is 0 Å². The van der Waals surface area contributed by atoms with E-state index in [0.29, 0.717) is 69.4 Å². The zero-order chi connectivity index (χ0) is 31.1. The van der Waals surface area contributed by atoms with Crippen molar-refractivity contribution in [2.75, 3.05) is 52.9 Å². The van der Waals surface area contributed by atoms with Crippen LogP contribution in [-0.4, -0.2) is 77.3 Å². The summed E-state index contributed by atoms with van der Waals surface area (Å²) in [6, 6.07) is 0. The van der Waals surface area contributed by atoms with Crippen LogP contribution in [-0.2, 0) is 28.4 Å². The topological polar surface area (TPSA) is 55.4 Å². The van der Waals surface area contributed by atoms with Gasteiger partial charge in [-0.05, 0) is 55.3 Å². The van der Waals surface area contributed by atoms with Crippen LogP contribution in [0, 0.1) is 23.2 Å². The zero-order valence-corrected chi connectivity index (χ0v) is 29.3. The van der Waals surface area contributed by atoms with Crippen LogP contribution < -0.4 is 0 Å². The van der Waals surface area contributed by atoms with Crippen molar-refractivity contribution < 1.29 is 28.4 Å². The molecule has 0 spiro atoms. The molecule has 0 aromatic heterocycles. The third kappa shape index (κ3) is 22.9. The number of hydrogen-bond acceptors (Lipinski definition) is 6. The molecule has 6 heteroatoms. The lowest BCUT2D eigenvalue weighted by atomic mass is 9.84. The fourth-order valence-electron chi connectivity index (χ4n) is 4.74. The maximum Gasteiger partial charge on any atom is 0.115 e. The van der Waals surface area contributed by atoms with Crippen LogP contribution in [0.3, 0.4) is 0 Å². The van der Waals surface area contributed by atoms with E-state index in [1.807, 2.05) is 0 Å². The molecular formula is C35H72O6. The van der Waals surface area contributed by atoms with Crippen LogP contribution in [0.2, 0.25) is 0 Å². The summed E-state index contributed by atoms with van der Waals surface area (Å²) in [5.41, 5.74) is 0.327. The Morgan fingerprint density at radius 3 is 1.51 bits per heavy atom. The maximum atomic E-state index is 6.68. The minimum absolute atomic E-state index is 0.232. The van der Waals surface area contributed by atoms with Gasteiger partial charge in [-0.25, -0.2) is 0 Å². The summed E-state index contributed by atoms with van der Waals surface area (Å²) in [5.74, 6) is 1.40. The Kier molecular flexibility index (Phi) is 25.0. The van der Waals surface area contributed by atoms with Crippen LogP contribution in [0.15, 0.2) is 0 Å². The van der Waals surface area contributed by atoms with Gasteiger partial charge in [-0.2, -0.15) is 0 Å². The largest absolute Gasteiger partial charge is 0.379 e. The average Bonchev–Trinajstić information content (AvgIpc) is 2.88. The van der Waals surface area contributed by atoms with E-state index in [1.165, 1.54) is 6.42 Å². The zero-order valence-electron chi connectivity index (χ0n) is 29.3. The molecule has 0 aromatic carbocycles. The highest BCUT2D eigenvalue weighted by Gasteiger charge is 2.39. The molecule has 1 unspecified atom stereocenters. The van der Waals surface area contributed by atoms with Crippen molar-refractivity contribution in [2.45, 2.75) is 152 Å². The van der Waals surface area contributed by atoms with Gasteiger partial charge in [0.25, 0.3) is 0 Å². The summed E-state index contributed by atoms with van der Waals surface area (Å²) in [4.78, 5) is 0. The lowest BCUT2D eigenvalue weighted by molar-refractivity contribution is -0.201. The molecule has 0 N–H and O–H groups in total. The Morgan fingerprint density at radius 1 is 0.512 bits per heavy atom. The van der Waals surface area contributed by atoms with Crippen molar-refractivity contribution >= 4 is 0 Å². The molecule has 0 aliphatic heterocycles. The average molecular weight is 589 g/mol. The van der Waals surface area contributed by atoms with Gasteiger partial charge in [0, 0.05) is 39.6 Å². The molecule has 0 heterocycles. The molecule has 0 bridgehead atoms. The lowest BCUT2D eigenvalue weighted by Gasteiger charge is -2.38. The first-order valence-corrected chi connectivity index (χ1v) is 17.1. The number of hydrogen-bond donors (Lipinski definition) is 0. The van der Waals surface area contributed by atoms with Crippen LogP contribution >= 0.6 is 0 Å². The minimum Gasteiger partial charge on any atom is -0.379 e. The van der Waals surface area contributed by atoms with Gasteiger partial charge in [-0.1, -0.05) is 95.4 Å². The molecule has 0 saturated heterocycles. The minimum atomic E-state index is -0.318. The van der Waals surface area contributed by atoms with Crippen molar-refractivity contribution in [2.24, 2.45) is 23.2 Å². The molecular weight excluding hydrogens is 516 g/mol. The van der Waals surface area contributed by atoms with E-state index in [4.69, 9.17) is 28.4 Å². The normalized spacial score (nSPS) is 16.3. The first kappa shape index (κ1) is 40.8. The molecule has 41 heavy (non-hydrogen) atoms. The van der Waals surface area contributed by atoms with Crippen LogP contribution in [0.5, 0.6) is 0 Å². The molecule has 0 aromatic rings. The fourth-order valence-corrected chi connectivity index (χ4v) is 4.74. The summed E-state index contributed by atoms with van der Waals surface area (Å²) in [6.45, 7) is 29.6. The number of unbranched alkanes of at least 4 members (excludes halogenated alkanes) is 3. The highest BCUT2D eigenvalue weighted by Crippen LogP contribution is 2.26. The molecule has 6 nitrogen and oxygen atoms in total. The standard InChI is InChI=1S/C35H72O6/c1-12-15-19-36-26-31(38-20-16-13-2)33(39-21-17-14-3)34(41-25-29(6)7)32(40-24-28(4)5)27-37-22-18-30(8)23-35(9,10)11/h28-34H,12-27H2,1-11H3/t30?,31-,32+,33+,34+/m0/s1. The summed E-state index contributed by atoms with van der Waals surface area (Å²) in [5, 5.41) is 0. The van der Waals surface area contributed by atoms with Gasteiger partial charge in [0.1, 0.15) is 24.4 Å². The summed E-state index contributed by atoms with van der Waals surface area (Å²) in [6.07, 6.45) is 7.41. The van der Waals surface area contributed by atoms with Crippen molar-refractivity contribution in [1.29, 1.82) is 0 Å². The molecule has 0 fully saturated rings. The Balaban J connectivity index is 5.99. The van der Waals surface area contributed by atoms with Gasteiger partial charge in [-0.15, -0.1) is 0 Å². The van der Waals surface area contributed by atoms with E-state index in [9.17, 15) is 0 Å². The second-order valence-electron chi connectivity index (χ2n) is 14.1. The van der Waals surface area contributed by atoms with Crippen LogP contribution in [0.1, 0.15) is 128 Å². The van der Waals surface area contributed by atoms with Crippen LogP contribution in [0.4, 0.5) is 0 Å². The summed E-state index contributed by atoms with van der Waals surface area (Å²) >= 11 is 0. The van der Waals surface area contributed by atoms with E-state index in [-0.39, 0.29) is 24.4 Å². The Morgan fingerprint density at radius 2 is 0.976 bits per heavy atom. The molecule has 0 amide bonds. The first-order valence-electron chi connectivity index (χ1n) is 17.1. The quantitative estimate of drug-likeness (QED) is 0.0852. The van der Waals surface area contributed by atoms with Gasteiger partial charge < -0.3 is 28.4 Å². The predicted octanol–water partition coefficient (Wildman–Crippen LogP) is 8.74. The van der Waals surface area contributed by atoms with Crippen molar-refractivity contribution in [1.82, 2.24) is 0 Å². The second-order valence-corrected chi connectivity index (χ2v) is 14.1. The van der Waals surface area contributed by atoms with Gasteiger partial charge in [0.2, 0.25) is 0 Å². The van der Waals surface area contributed by atoms with Gasteiger partial charge in [-0.3, -0.25) is 0 Å². The van der Waals surface area contributed by atoms with Crippen molar-refractivity contribution in [3.63, 3.8) is 0 Å². The van der Waals surface area contributed by atoms with Crippen LogP contribution in [0.25, 0.3) is 0 Å². The Hall–Kier alpha value is -0.240. The second kappa shape index (κ2) is 25.1. The van der Waals surface area contributed by atoms with Crippen molar-refractivity contribution in [3.8, 4) is 0 Å². The van der Waals surface area contributed by atoms with E-state index in [2.05, 4.69) is 76.2 Å². The molecule has 0 aliphatic carbocycles. The van der Waals surface area contributed by atoms with Crippen molar-refractivity contribution in [3.05, 3.63) is 0 Å². The molecule has 248 valence electrons. The molecule has 0 saturated carbocycles. The molecule has 0 aliphatic rings. The number of rotatable bonds is 28. The summed E-state index contributed by atoms with van der Waals surface area (Å²) < 4.78 is 38.9. The molecule has 0 rings (SSSR count). The first-order chi connectivity index (χ1) is 19.4. The maximum absolute atomic E-state index is 6.68. The Bertz CT molecular complexity index is 561.